The number of hydrogen-bond donors (Lipinski definition) is 4. The summed E-state index contributed by atoms with van der Waals surface area (Å²) in [5.74, 6) is -12.2. The normalized spacial score (nSPS) is 21.3. The van der Waals surface area contributed by atoms with Crippen LogP contribution in [0, 0.1) is 23.5 Å². The SMILES string of the molecule is CCOC(=O)C1=C(CN2CCC(CSCC(=O)O)C(F)(F)C2)NC(c2nccs2)=NC1c1ccc(F)cc1Br.CCOC(=O)C1=C(CN2CCC(CSCC(=O)O)C(F)(F)C2)NC(c2nccs2)=NC1c1ccc(F)cc1Cl. The lowest BCUT2D eigenvalue weighted by Crippen LogP contribution is -2.51. The second kappa shape index (κ2) is 27.4. The van der Waals surface area contributed by atoms with E-state index in [1.807, 2.05) is 0 Å². The molecule has 2 saturated heterocycles. The maximum atomic E-state index is 15.1. The first-order valence-corrected chi connectivity index (χ1v) is 29.4. The van der Waals surface area contributed by atoms with Gasteiger partial charge in [0.25, 0.3) is 11.8 Å². The Morgan fingerprint density at radius 3 is 1.55 bits per heavy atom. The average molecular weight is 1250 g/mol. The number of aliphatic imine (C=N–C) groups is 2. The molecule has 0 bridgehead atoms. The minimum absolute atomic E-state index is 0.0154. The number of thioether (sulfide) groups is 2. The van der Waals surface area contributed by atoms with E-state index in [9.17, 15) is 28.0 Å². The number of likely N-dealkylation sites (tertiary alicyclic amines) is 2. The lowest BCUT2D eigenvalue weighted by Gasteiger charge is -2.39. The number of carbonyl (C=O) groups is 4. The number of thiazole rings is 2. The molecular formula is C50H52BrClF6N8O8S4. The molecule has 4 aliphatic rings. The van der Waals surface area contributed by atoms with Gasteiger partial charge in [0.2, 0.25) is 0 Å². The molecule has 0 radical (unpaired) electrons. The predicted molar refractivity (Wildman–Crippen MR) is 291 cm³/mol. The van der Waals surface area contributed by atoms with Gasteiger partial charge in [-0.15, -0.1) is 46.2 Å². The van der Waals surface area contributed by atoms with Crippen molar-refractivity contribution in [3.8, 4) is 0 Å². The van der Waals surface area contributed by atoms with Gasteiger partial charge in [-0.3, -0.25) is 29.4 Å². The first-order chi connectivity index (χ1) is 37.2. The van der Waals surface area contributed by atoms with Crippen molar-refractivity contribution in [2.45, 2.75) is 50.6 Å². The van der Waals surface area contributed by atoms with Crippen LogP contribution in [0.2, 0.25) is 5.02 Å². The number of carboxylic acid groups (broad SMARTS) is 2. The highest BCUT2D eigenvalue weighted by molar-refractivity contribution is 9.10. The lowest BCUT2D eigenvalue weighted by atomic mass is 9.93. The summed E-state index contributed by atoms with van der Waals surface area (Å²) in [5.41, 5.74) is 1.76. The van der Waals surface area contributed by atoms with Crippen LogP contribution in [0.15, 0.2) is 96.5 Å². The van der Waals surface area contributed by atoms with Crippen molar-refractivity contribution in [1.82, 2.24) is 30.4 Å². The summed E-state index contributed by atoms with van der Waals surface area (Å²) >= 11 is 14.3. The number of aromatic nitrogens is 2. The highest BCUT2D eigenvalue weighted by Crippen LogP contribution is 2.41. The number of piperidine rings is 2. The number of alkyl halides is 4. The quantitative estimate of drug-likeness (QED) is 0.0480. The van der Waals surface area contributed by atoms with Gasteiger partial charge in [-0.2, -0.15) is 0 Å². The number of nitrogens with one attached hydrogen (secondary N) is 2. The number of ether oxygens (including phenoxy) is 2. The summed E-state index contributed by atoms with van der Waals surface area (Å²) in [5, 5.41) is 28.5. The Kier molecular flexibility index (Phi) is 21.3. The van der Waals surface area contributed by atoms with Gasteiger partial charge in [0.05, 0.1) is 49.0 Å². The van der Waals surface area contributed by atoms with Crippen LogP contribution in [0.3, 0.4) is 0 Å². The molecule has 0 amide bonds. The molecule has 16 nitrogen and oxygen atoms in total. The van der Waals surface area contributed by atoms with E-state index in [-0.39, 0.29) is 78.3 Å². The molecule has 0 spiro atoms. The molecule has 4 aliphatic heterocycles. The molecule has 0 saturated carbocycles. The van der Waals surface area contributed by atoms with E-state index in [1.165, 1.54) is 57.9 Å². The maximum absolute atomic E-state index is 15.1. The summed E-state index contributed by atoms with van der Waals surface area (Å²) in [7, 11) is 0. The number of nitrogens with zero attached hydrogens (tertiary/aromatic N) is 6. The number of rotatable bonds is 20. The fraction of sp³-hybridized carbons (Fsp3) is 0.440. The number of carbonyl (C=O) groups excluding carboxylic acids is 2. The van der Waals surface area contributed by atoms with E-state index in [2.05, 4.69) is 41.5 Å². The van der Waals surface area contributed by atoms with Crippen LogP contribution < -0.4 is 10.6 Å². The number of aliphatic carboxylic acids is 2. The monoisotopic (exact) mass is 1250 g/mol. The third kappa shape index (κ3) is 15.7. The Bertz CT molecular complexity index is 2750. The van der Waals surface area contributed by atoms with Crippen LogP contribution in [0.25, 0.3) is 0 Å². The zero-order valence-corrected chi connectivity index (χ0v) is 47.3. The van der Waals surface area contributed by atoms with Crippen molar-refractivity contribution in [3.05, 3.63) is 124 Å². The predicted octanol–water partition coefficient (Wildman–Crippen LogP) is 9.35. The molecule has 4 aromatic rings. The molecule has 2 fully saturated rings. The summed E-state index contributed by atoms with van der Waals surface area (Å²) < 4.78 is 99.2. The molecule has 4 unspecified atom stereocenters. The van der Waals surface area contributed by atoms with Crippen LogP contribution in [0.5, 0.6) is 0 Å². The molecule has 6 heterocycles. The number of hydrogen-bond acceptors (Lipinski definition) is 18. The summed E-state index contributed by atoms with van der Waals surface area (Å²) in [6.45, 7) is 2.91. The van der Waals surface area contributed by atoms with Crippen molar-refractivity contribution in [2.24, 2.45) is 21.8 Å². The second-order valence-corrected chi connectivity index (χ2v) is 23.1. The van der Waals surface area contributed by atoms with Gasteiger partial charge in [-0.05, 0) is 69.6 Å². The molecule has 78 heavy (non-hydrogen) atoms. The fourth-order valence-electron chi connectivity index (χ4n) is 8.95. The third-order valence-electron chi connectivity index (χ3n) is 12.5. The van der Waals surface area contributed by atoms with Crippen LogP contribution in [-0.4, -0.2) is 153 Å². The number of amidine groups is 2. The average Bonchev–Trinajstić information content (AvgIpc) is 4.19. The molecule has 8 rings (SSSR count). The van der Waals surface area contributed by atoms with Gasteiger partial charge in [-0.25, -0.2) is 45.9 Å². The minimum atomic E-state index is -3.06. The van der Waals surface area contributed by atoms with E-state index >= 15 is 17.6 Å². The molecule has 4 atom stereocenters. The highest BCUT2D eigenvalue weighted by atomic mass is 79.9. The largest absolute Gasteiger partial charge is 0.481 e. The first-order valence-electron chi connectivity index (χ1n) is 24.2. The van der Waals surface area contributed by atoms with Gasteiger partial charge in [0, 0.05) is 86.0 Å². The zero-order valence-electron chi connectivity index (χ0n) is 41.7. The maximum Gasteiger partial charge on any atom is 0.338 e. The van der Waals surface area contributed by atoms with E-state index in [1.54, 1.807) is 41.9 Å². The Labute approximate surface area is 474 Å². The molecule has 4 N–H and O–H groups in total. The first kappa shape index (κ1) is 60.6. The molecule has 28 heteroatoms. The minimum Gasteiger partial charge on any atom is -0.481 e. The number of esters is 2. The molecule has 420 valence electrons. The smallest absolute Gasteiger partial charge is 0.338 e. The van der Waals surface area contributed by atoms with Crippen molar-refractivity contribution < 1.29 is 65.2 Å². The van der Waals surface area contributed by atoms with Crippen LogP contribution in [0.4, 0.5) is 26.3 Å². The summed E-state index contributed by atoms with van der Waals surface area (Å²) in [6, 6.07) is 5.91. The second-order valence-electron chi connectivity index (χ2n) is 18.0. The van der Waals surface area contributed by atoms with E-state index < -0.39 is 84.4 Å². The van der Waals surface area contributed by atoms with Crippen LogP contribution in [-0.2, 0) is 28.7 Å². The lowest BCUT2D eigenvalue weighted by molar-refractivity contribution is -0.140. The molecule has 2 aromatic carbocycles. The van der Waals surface area contributed by atoms with Crippen LogP contribution in [0.1, 0.15) is 59.9 Å². The van der Waals surface area contributed by atoms with E-state index in [0.717, 1.165) is 29.6 Å². The standard InChI is InChI=1S/C25H26BrF3N4O4S2.C25H26ClF3N4O4S2/c2*1-2-37-24(36)20-18(10-33-7-5-14(25(28,29)13-33)11-38-12-19(34)35)31-22(23-30-6-8-39-23)32-21(20)16-4-3-15(27)9-17(16)26/h2*3-4,6,8-9,14,21H,2,5,7,10-13H2,1H3,(H,31,32)(H,34,35). The van der Waals surface area contributed by atoms with Crippen molar-refractivity contribution >= 4 is 109 Å². The van der Waals surface area contributed by atoms with E-state index in [0.29, 0.717) is 61.8 Å². The Hall–Kier alpha value is -5.03. The Balaban J connectivity index is 0.000000226. The molecular weight excluding hydrogens is 1200 g/mol. The molecule has 0 aliphatic carbocycles. The number of carboxylic acids is 2. The Morgan fingerprint density at radius 1 is 0.731 bits per heavy atom. The summed E-state index contributed by atoms with van der Waals surface area (Å²) in [6.07, 6.45) is 3.51. The van der Waals surface area contributed by atoms with Crippen molar-refractivity contribution in [1.29, 1.82) is 0 Å². The van der Waals surface area contributed by atoms with Crippen molar-refractivity contribution in [2.75, 3.05) is 75.5 Å². The van der Waals surface area contributed by atoms with Crippen molar-refractivity contribution in [3.63, 3.8) is 0 Å². The topological polar surface area (TPSA) is 208 Å². The Morgan fingerprint density at radius 2 is 1.17 bits per heavy atom. The van der Waals surface area contributed by atoms with Gasteiger partial charge in [0.15, 0.2) is 21.7 Å². The van der Waals surface area contributed by atoms with Gasteiger partial charge < -0.3 is 30.3 Å². The zero-order chi connectivity index (χ0) is 56.3. The van der Waals surface area contributed by atoms with E-state index in [4.69, 9.17) is 36.3 Å². The summed E-state index contributed by atoms with van der Waals surface area (Å²) in [4.78, 5) is 69.1. The molecule has 2 aromatic heterocycles. The van der Waals surface area contributed by atoms with Gasteiger partial charge >= 0.3 is 23.9 Å². The van der Waals surface area contributed by atoms with Crippen LogP contribution >= 0.6 is 73.7 Å². The number of benzene rings is 2. The van der Waals surface area contributed by atoms with Gasteiger partial charge in [-0.1, -0.05) is 39.7 Å². The highest BCUT2D eigenvalue weighted by Gasteiger charge is 2.47. The van der Waals surface area contributed by atoms with Gasteiger partial charge in [0.1, 0.15) is 23.7 Å². The fourth-order valence-corrected chi connectivity index (χ4v) is 12.9. The number of halogens is 8. The third-order valence-corrected chi connectivity index (χ3v) is 17.3.